The first-order chi connectivity index (χ1) is 9.75. The fourth-order valence-electron chi connectivity index (χ4n) is 2.93. The highest BCUT2D eigenvalue weighted by Crippen LogP contribution is 2.31. The summed E-state index contributed by atoms with van der Waals surface area (Å²) in [7, 11) is 0. The first-order valence-electron chi connectivity index (χ1n) is 7.23. The van der Waals surface area contributed by atoms with E-state index in [1.807, 2.05) is 29.1 Å². The summed E-state index contributed by atoms with van der Waals surface area (Å²) >= 11 is 3.58. The van der Waals surface area contributed by atoms with E-state index in [9.17, 15) is 5.11 Å². The monoisotopic (exact) mass is 334 g/mol. The van der Waals surface area contributed by atoms with E-state index in [1.165, 1.54) is 12.8 Å². The van der Waals surface area contributed by atoms with Crippen molar-refractivity contribution in [1.29, 1.82) is 0 Å². The van der Waals surface area contributed by atoms with Crippen molar-refractivity contribution in [2.45, 2.75) is 44.2 Å². The van der Waals surface area contributed by atoms with Crippen LogP contribution in [0.5, 0.6) is 0 Å². The van der Waals surface area contributed by atoms with Crippen molar-refractivity contribution in [1.82, 2.24) is 9.78 Å². The number of nitrogens with zero attached hydrogens (tertiary/aromatic N) is 2. The van der Waals surface area contributed by atoms with Gasteiger partial charge in [-0.2, -0.15) is 5.10 Å². The summed E-state index contributed by atoms with van der Waals surface area (Å²) in [6.07, 6.45) is 9.07. The van der Waals surface area contributed by atoms with Gasteiger partial charge in [0, 0.05) is 16.2 Å². The molecule has 4 heteroatoms. The SMILES string of the molecule is OC1CCCCCC1n1cc(-c2ccccc2Br)cn1. The van der Waals surface area contributed by atoms with Gasteiger partial charge in [0.05, 0.1) is 18.3 Å². The van der Waals surface area contributed by atoms with Crippen molar-refractivity contribution in [3.8, 4) is 11.1 Å². The highest BCUT2D eigenvalue weighted by molar-refractivity contribution is 9.10. The number of rotatable bonds is 2. The third-order valence-electron chi connectivity index (χ3n) is 4.07. The van der Waals surface area contributed by atoms with Gasteiger partial charge in [0.15, 0.2) is 0 Å². The summed E-state index contributed by atoms with van der Waals surface area (Å²) in [4.78, 5) is 0. The van der Waals surface area contributed by atoms with E-state index in [1.54, 1.807) is 0 Å². The molecular formula is C16H19BrN2O. The van der Waals surface area contributed by atoms with Gasteiger partial charge in [-0.25, -0.2) is 0 Å². The standard InChI is InChI=1S/C16H19BrN2O/c17-14-7-5-4-6-13(14)12-10-18-19(11-12)15-8-2-1-3-9-16(15)20/h4-7,10-11,15-16,20H,1-3,8-9H2. The molecule has 0 bridgehead atoms. The number of hydrogen-bond acceptors (Lipinski definition) is 2. The molecule has 1 heterocycles. The first kappa shape index (κ1) is 13.8. The Bertz CT molecular complexity index is 581. The molecule has 0 aliphatic heterocycles. The molecule has 0 spiro atoms. The van der Waals surface area contributed by atoms with E-state index >= 15 is 0 Å². The normalized spacial score (nSPS) is 23.5. The molecule has 1 N–H and O–H groups in total. The van der Waals surface area contributed by atoms with Gasteiger partial charge in [0.1, 0.15) is 0 Å². The fraction of sp³-hybridized carbons (Fsp3) is 0.438. The molecule has 3 rings (SSSR count). The zero-order valence-electron chi connectivity index (χ0n) is 11.4. The number of halogens is 1. The van der Waals surface area contributed by atoms with Crippen LogP contribution < -0.4 is 0 Å². The van der Waals surface area contributed by atoms with Crippen LogP contribution in [0, 0.1) is 0 Å². The molecule has 0 amide bonds. The number of benzene rings is 1. The molecule has 1 saturated carbocycles. The van der Waals surface area contributed by atoms with Crippen LogP contribution in [0.15, 0.2) is 41.1 Å². The minimum atomic E-state index is -0.274. The lowest BCUT2D eigenvalue weighted by Crippen LogP contribution is -2.23. The summed E-state index contributed by atoms with van der Waals surface area (Å²) in [5.41, 5.74) is 2.23. The van der Waals surface area contributed by atoms with E-state index in [0.29, 0.717) is 0 Å². The molecule has 1 fully saturated rings. The Labute approximate surface area is 127 Å². The highest BCUT2D eigenvalue weighted by Gasteiger charge is 2.24. The summed E-state index contributed by atoms with van der Waals surface area (Å²) in [6, 6.07) is 8.27. The molecule has 2 unspecified atom stereocenters. The van der Waals surface area contributed by atoms with Crippen molar-refractivity contribution < 1.29 is 5.11 Å². The van der Waals surface area contributed by atoms with Crippen LogP contribution >= 0.6 is 15.9 Å². The molecule has 1 aliphatic carbocycles. The topological polar surface area (TPSA) is 38.0 Å². The van der Waals surface area contributed by atoms with Gasteiger partial charge in [-0.05, 0) is 24.5 Å². The molecular weight excluding hydrogens is 316 g/mol. The van der Waals surface area contributed by atoms with Crippen molar-refractivity contribution in [3.63, 3.8) is 0 Å². The Morgan fingerprint density at radius 3 is 2.80 bits per heavy atom. The van der Waals surface area contributed by atoms with Crippen molar-refractivity contribution in [3.05, 3.63) is 41.1 Å². The average molecular weight is 335 g/mol. The zero-order valence-corrected chi connectivity index (χ0v) is 13.0. The second-order valence-electron chi connectivity index (χ2n) is 5.46. The zero-order chi connectivity index (χ0) is 13.9. The average Bonchev–Trinajstić information content (AvgIpc) is 2.82. The largest absolute Gasteiger partial charge is 0.391 e. The molecule has 1 aliphatic rings. The molecule has 1 aromatic carbocycles. The van der Waals surface area contributed by atoms with Gasteiger partial charge < -0.3 is 5.11 Å². The molecule has 3 nitrogen and oxygen atoms in total. The number of aromatic nitrogens is 2. The van der Waals surface area contributed by atoms with Crippen molar-refractivity contribution in [2.24, 2.45) is 0 Å². The molecule has 106 valence electrons. The van der Waals surface area contributed by atoms with Crippen molar-refractivity contribution >= 4 is 15.9 Å². The minimum absolute atomic E-state index is 0.119. The van der Waals surface area contributed by atoms with Crippen LogP contribution in [-0.2, 0) is 0 Å². The predicted molar refractivity (Wildman–Crippen MR) is 83.5 cm³/mol. The fourth-order valence-corrected chi connectivity index (χ4v) is 3.44. The smallest absolute Gasteiger partial charge is 0.0778 e. The van der Waals surface area contributed by atoms with Crippen LogP contribution in [0.4, 0.5) is 0 Å². The molecule has 0 saturated heterocycles. The maximum atomic E-state index is 10.3. The third kappa shape index (κ3) is 2.81. The quantitative estimate of drug-likeness (QED) is 0.836. The number of aliphatic hydroxyl groups excluding tert-OH is 1. The second-order valence-corrected chi connectivity index (χ2v) is 6.32. The lowest BCUT2D eigenvalue weighted by molar-refractivity contribution is 0.0991. The van der Waals surface area contributed by atoms with E-state index in [0.717, 1.165) is 34.9 Å². The third-order valence-corrected chi connectivity index (χ3v) is 4.76. The van der Waals surface area contributed by atoms with Gasteiger partial charge in [-0.1, -0.05) is 53.4 Å². The lowest BCUT2D eigenvalue weighted by Gasteiger charge is -2.20. The summed E-state index contributed by atoms with van der Waals surface area (Å²) in [5.74, 6) is 0. The molecule has 0 radical (unpaired) electrons. The van der Waals surface area contributed by atoms with E-state index in [2.05, 4.69) is 33.3 Å². The van der Waals surface area contributed by atoms with Crippen LogP contribution in [0.25, 0.3) is 11.1 Å². The molecule has 2 atom stereocenters. The Balaban J connectivity index is 1.88. The van der Waals surface area contributed by atoms with Crippen LogP contribution in [0.3, 0.4) is 0 Å². The van der Waals surface area contributed by atoms with Gasteiger partial charge in [0.2, 0.25) is 0 Å². The molecule has 2 aromatic rings. The Kier molecular flexibility index (Phi) is 4.22. The maximum absolute atomic E-state index is 10.3. The van der Waals surface area contributed by atoms with E-state index < -0.39 is 0 Å². The van der Waals surface area contributed by atoms with Gasteiger partial charge in [-0.15, -0.1) is 0 Å². The summed E-state index contributed by atoms with van der Waals surface area (Å²) in [6.45, 7) is 0. The minimum Gasteiger partial charge on any atom is -0.391 e. The van der Waals surface area contributed by atoms with Crippen LogP contribution in [0.1, 0.15) is 38.1 Å². The van der Waals surface area contributed by atoms with E-state index in [4.69, 9.17) is 0 Å². The molecule has 1 aromatic heterocycles. The van der Waals surface area contributed by atoms with E-state index in [-0.39, 0.29) is 12.1 Å². The van der Waals surface area contributed by atoms with Crippen molar-refractivity contribution in [2.75, 3.05) is 0 Å². The predicted octanol–water partition coefficient (Wildman–Crippen LogP) is 4.18. The van der Waals surface area contributed by atoms with Gasteiger partial charge in [-0.3, -0.25) is 4.68 Å². The second kappa shape index (κ2) is 6.10. The number of hydrogen-bond donors (Lipinski definition) is 1. The van der Waals surface area contributed by atoms with Gasteiger partial charge in [0.25, 0.3) is 0 Å². The first-order valence-corrected chi connectivity index (χ1v) is 8.02. The highest BCUT2D eigenvalue weighted by atomic mass is 79.9. The Morgan fingerprint density at radius 1 is 1.15 bits per heavy atom. The maximum Gasteiger partial charge on any atom is 0.0778 e. The van der Waals surface area contributed by atoms with Crippen LogP contribution in [-0.4, -0.2) is 21.0 Å². The lowest BCUT2D eigenvalue weighted by atomic mass is 10.1. The Morgan fingerprint density at radius 2 is 1.95 bits per heavy atom. The Hall–Kier alpha value is -1.13. The number of aliphatic hydroxyl groups is 1. The van der Waals surface area contributed by atoms with Gasteiger partial charge >= 0.3 is 0 Å². The molecule has 20 heavy (non-hydrogen) atoms. The van der Waals surface area contributed by atoms with Crippen LogP contribution in [0.2, 0.25) is 0 Å². The summed E-state index contributed by atoms with van der Waals surface area (Å²) in [5, 5.41) is 14.8. The summed E-state index contributed by atoms with van der Waals surface area (Å²) < 4.78 is 3.02.